The number of hydrogen-bond acceptors (Lipinski definition) is 11. The van der Waals surface area contributed by atoms with E-state index in [9.17, 15) is 14.4 Å². The molecule has 0 saturated carbocycles. The Balaban J connectivity index is 0.000000206. The maximum absolute atomic E-state index is 10.4. The molecule has 0 radical (unpaired) electrons. The Morgan fingerprint density at radius 2 is 1.22 bits per heavy atom. The molecule has 60 heavy (non-hydrogen) atoms. The molecule has 12 heteroatoms. The monoisotopic (exact) mass is 819 g/mol. The first-order valence-electron chi connectivity index (χ1n) is 21.7. The number of nitrogens with zero attached hydrogens (tertiary/aromatic N) is 5. The minimum absolute atomic E-state index is 0.214. The van der Waals surface area contributed by atoms with Gasteiger partial charge in [0.15, 0.2) is 11.9 Å². The van der Waals surface area contributed by atoms with E-state index in [-0.39, 0.29) is 12.2 Å². The van der Waals surface area contributed by atoms with Gasteiger partial charge in [0.1, 0.15) is 23.2 Å². The maximum Gasteiger partial charge on any atom is 0.303 e. The zero-order valence-corrected chi connectivity index (χ0v) is 36.2. The molecule has 7 heterocycles. The number of fused-ring (bicyclic) bond motifs is 3. The number of rotatable bonds is 14. The largest absolute Gasteiger partial charge is 0.481 e. The van der Waals surface area contributed by atoms with E-state index in [1.165, 1.54) is 55.3 Å². The topological polar surface area (TPSA) is 186 Å². The van der Waals surface area contributed by atoms with Crippen molar-refractivity contribution in [3.8, 4) is 0 Å². The van der Waals surface area contributed by atoms with E-state index in [0.29, 0.717) is 24.1 Å². The molecule has 0 saturated heterocycles. The second-order valence-electron chi connectivity index (χ2n) is 14.9. The predicted octanol–water partition coefficient (Wildman–Crippen LogP) is 9.84. The lowest BCUT2D eigenvalue weighted by atomic mass is 10.1. The maximum atomic E-state index is 10.4. The fourth-order valence-corrected chi connectivity index (χ4v) is 6.24. The van der Waals surface area contributed by atoms with Crippen molar-refractivity contribution in [3.63, 3.8) is 0 Å². The van der Waals surface area contributed by atoms with Crippen LogP contribution in [0.4, 0.5) is 17.5 Å². The van der Waals surface area contributed by atoms with E-state index in [1.54, 1.807) is 31.5 Å². The molecule has 0 aliphatic carbocycles. The molecule has 0 spiro atoms. The van der Waals surface area contributed by atoms with Crippen molar-refractivity contribution in [3.05, 3.63) is 107 Å². The van der Waals surface area contributed by atoms with Crippen LogP contribution in [0.15, 0.2) is 73.1 Å². The van der Waals surface area contributed by atoms with Gasteiger partial charge in [0, 0.05) is 60.8 Å². The molecule has 2 aliphatic rings. The zero-order valence-electron chi connectivity index (χ0n) is 36.2. The third kappa shape index (κ3) is 18.9. The number of pyridine rings is 5. The summed E-state index contributed by atoms with van der Waals surface area (Å²) in [5.41, 5.74) is 12.6. The number of nitrogen functional groups attached to an aromatic ring is 1. The third-order valence-corrected chi connectivity index (χ3v) is 9.70. The van der Waals surface area contributed by atoms with Crippen LogP contribution in [-0.2, 0) is 41.7 Å². The number of Topliss-reactive ketones (excluding diaryl/α,β-unsaturated/α-hetero) is 1. The molecule has 0 fully saturated rings. The normalized spacial score (nSPS) is 12.0. The number of aryl methyl sites for hydroxylation is 5. The summed E-state index contributed by atoms with van der Waals surface area (Å²) in [7, 11) is 0. The van der Waals surface area contributed by atoms with E-state index in [4.69, 9.17) is 10.8 Å². The first-order valence-corrected chi connectivity index (χ1v) is 21.7. The number of ketones is 1. The van der Waals surface area contributed by atoms with Gasteiger partial charge in [-0.3, -0.25) is 9.59 Å². The number of aldehydes is 1. The van der Waals surface area contributed by atoms with Crippen LogP contribution in [0.25, 0.3) is 11.0 Å². The number of nitrogens with two attached hydrogens (primary N) is 1. The number of anilines is 3. The third-order valence-electron chi connectivity index (χ3n) is 9.70. The van der Waals surface area contributed by atoms with Crippen molar-refractivity contribution < 1.29 is 19.5 Å². The fourth-order valence-electron chi connectivity index (χ4n) is 6.24. The van der Waals surface area contributed by atoms with Gasteiger partial charge in [-0.25, -0.2) is 24.9 Å². The molecule has 12 nitrogen and oxygen atoms in total. The standard InChI is InChI=1S/C12H16N2O2.C12H18N2.C12H14N2.C6H6N2O.C6H12O/c15-11(16)5-1-4-10-7-6-9-3-2-8-13-12(9)14-10;2*1-2-3-6-11-8-7-10-5-4-9-13-12(10)14-11;7-6-5(4-9)2-1-3-8-6;1-3-4-5-6(2)7/h6-7H,1-5,8H2,(H,13,14)(H,15,16);7-8H,2-6,9H2,1H3,(H,13,14);4-5,7-9H,2-3,6H2,1H3;1-4H,(H2,7,8);3-5H2,1-2H3. The summed E-state index contributed by atoms with van der Waals surface area (Å²) in [6.07, 6.45) is 20.3. The van der Waals surface area contributed by atoms with Crippen LogP contribution in [-0.4, -0.2) is 61.2 Å². The molecular formula is C48H66N8O4. The highest BCUT2D eigenvalue weighted by molar-refractivity contribution is 5.81. The average molecular weight is 819 g/mol. The Bertz CT molecular complexity index is 2040. The summed E-state index contributed by atoms with van der Waals surface area (Å²) in [4.78, 5) is 52.3. The summed E-state index contributed by atoms with van der Waals surface area (Å²) < 4.78 is 0. The van der Waals surface area contributed by atoms with Crippen molar-refractivity contribution in [2.24, 2.45) is 0 Å². The van der Waals surface area contributed by atoms with Gasteiger partial charge in [-0.15, -0.1) is 0 Å². The van der Waals surface area contributed by atoms with E-state index in [1.807, 2.05) is 18.2 Å². The van der Waals surface area contributed by atoms with Gasteiger partial charge in [0.25, 0.3) is 0 Å². The second kappa shape index (κ2) is 28.6. The Morgan fingerprint density at radius 1 is 0.683 bits per heavy atom. The number of carboxylic acid groups (broad SMARTS) is 1. The van der Waals surface area contributed by atoms with Crippen molar-refractivity contribution in [1.29, 1.82) is 0 Å². The van der Waals surface area contributed by atoms with E-state index < -0.39 is 5.97 Å². The number of nitrogens with one attached hydrogen (secondary N) is 2. The first-order chi connectivity index (χ1) is 29.2. The van der Waals surface area contributed by atoms with E-state index in [2.05, 4.69) is 86.7 Å². The number of aliphatic carboxylic acids is 1. The molecule has 2 aliphatic heterocycles. The fraction of sp³-hybridized carbons (Fsp3) is 0.458. The van der Waals surface area contributed by atoms with Crippen molar-refractivity contribution in [2.45, 2.75) is 130 Å². The van der Waals surface area contributed by atoms with Crippen LogP contribution < -0.4 is 16.4 Å². The summed E-state index contributed by atoms with van der Waals surface area (Å²) in [6.45, 7) is 10.2. The van der Waals surface area contributed by atoms with Crippen LogP contribution in [0, 0.1) is 0 Å². The Hall–Kier alpha value is -5.78. The van der Waals surface area contributed by atoms with Crippen LogP contribution in [0.1, 0.15) is 137 Å². The number of unbranched alkanes of at least 4 members (excludes halogenated alkanes) is 3. The lowest BCUT2D eigenvalue weighted by molar-refractivity contribution is -0.137. The molecule has 322 valence electrons. The highest BCUT2D eigenvalue weighted by atomic mass is 16.4. The smallest absolute Gasteiger partial charge is 0.303 e. The second-order valence-corrected chi connectivity index (χ2v) is 14.9. The highest BCUT2D eigenvalue weighted by Crippen LogP contribution is 2.21. The molecule has 5 aromatic heterocycles. The average Bonchev–Trinajstić information content (AvgIpc) is 3.27. The minimum Gasteiger partial charge on any atom is -0.481 e. The Kier molecular flexibility index (Phi) is 23.2. The zero-order chi connectivity index (χ0) is 43.4. The van der Waals surface area contributed by atoms with E-state index in [0.717, 1.165) is 98.5 Å². The molecule has 0 unspecified atom stereocenters. The molecular weight excluding hydrogens is 753 g/mol. The van der Waals surface area contributed by atoms with Crippen LogP contribution in [0.3, 0.4) is 0 Å². The van der Waals surface area contributed by atoms with Gasteiger partial charge >= 0.3 is 5.97 Å². The lowest BCUT2D eigenvalue weighted by Gasteiger charge is -2.17. The van der Waals surface area contributed by atoms with Gasteiger partial charge in [-0.1, -0.05) is 52.2 Å². The van der Waals surface area contributed by atoms with Crippen LogP contribution in [0.5, 0.6) is 0 Å². The van der Waals surface area contributed by atoms with Gasteiger partial charge in [-0.05, 0) is 137 Å². The van der Waals surface area contributed by atoms with Gasteiger partial charge in [0.05, 0.1) is 5.56 Å². The van der Waals surface area contributed by atoms with Gasteiger partial charge in [0.2, 0.25) is 0 Å². The quantitative estimate of drug-likeness (QED) is 0.0779. The molecule has 7 rings (SSSR count). The van der Waals surface area contributed by atoms with Crippen molar-refractivity contribution in [2.75, 3.05) is 29.5 Å². The summed E-state index contributed by atoms with van der Waals surface area (Å²) in [5, 5.41) is 16.3. The summed E-state index contributed by atoms with van der Waals surface area (Å²) >= 11 is 0. The van der Waals surface area contributed by atoms with Crippen LogP contribution >= 0.6 is 0 Å². The van der Waals surface area contributed by atoms with Gasteiger partial charge in [-0.2, -0.15) is 0 Å². The number of aromatic nitrogens is 5. The van der Waals surface area contributed by atoms with Gasteiger partial charge < -0.3 is 26.3 Å². The summed E-state index contributed by atoms with van der Waals surface area (Å²) in [5.74, 6) is 1.97. The highest BCUT2D eigenvalue weighted by Gasteiger charge is 2.11. The number of hydrogen-bond donors (Lipinski definition) is 4. The predicted molar refractivity (Wildman–Crippen MR) is 244 cm³/mol. The number of carboxylic acids is 1. The molecule has 0 atom stereocenters. The SMILES string of the molecule is CCCCC(C)=O.CCCCc1ccc2c(n1)NCCC2.CCCCc1ccc2cccnc2n1.Nc1ncccc1C=O.O=C(O)CCCc1ccc2c(n1)NCCC2. The lowest BCUT2D eigenvalue weighted by Crippen LogP contribution is -2.14. The Morgan fingerprint density at radius 3 is 1.72 bits per heavy atom. The molecule has 5 N–H and O–H groups in total. The first kappa shape index (κ1) is 48.6. The molecule has 0 aromatic carbocycles. The van der Waals surface area contributed by atoms with E-state index >= 15 is 0 Å². The number of carbonyl (C=O) groups is 3. The Labute approximate surface area is 356 Å². The molecule has 0 amide bonds. The number of carbonyl (C=O) groups excluding carboxylic acids is 2. The van der Waals surface area contributed by atoms with Crippen LogP contribution in [0.2, 0.25) is 0 Å². The molecule has 5 aromatic rings. The van der Waals surface area contributed by atoms with Crippen molar-refractivity contribution >= 4 is 46.5 Å². The molecule has 0 bridgehead atoms. The minimum atomic E-state index is -0.740. The summed E-state index contributed by atoms with van der Waals surface area (Å²) in [6, 6.07) is 20.0. The van der Waals surface area contributed by atoms with Crippen molar-refractivity contribution in [1.82, 2.24) is 24.9 Å².